The molecule has 1 aliphatic rings. The Kier molecular flexibility index (Phi) is 6.48. The summed E-state index contributed by atoms with van der Waals surface area (Å²) in [5.74, 6) is -1.58. The molecule has 0 aromatic rings. The average molecular weight is 284 g/mol. The zero-order valence-electron chi connectivity index (χ0n) is 12.2. The zero-order valence-corrected chi connectivity index (χ0v) is 12.2. The first kappa shape index (κ1) is 16.5. The molecule has 0 saturated carbocycles. The maximum absolute atomic E-state index is 12.1. The Labute approximate surface area is 119 Å². The molecule has 0 spiro atoms. The van der Waals surface area contributed by atoms with E-state index in [0.717, 1.165) is 19.3 Å². The fourth-order valence-electron chi connectivity index (χ4n) is 2.43. The molecule has 2 amide bonds. The highest BCUT2D eigenvalue weighted by atomic mass is 16.4. The van der Waals surface area contributed by atoms with Gasteiger partial charge >= 0.3 is 5.97 Å². The second-order valence-corrected chi connectivity index (χ2v) is 5.35. The normalized spacial score (nSPS) is 20.3. The van der Waals surface area contributed by atoms with Gasteiger partial charge in [-0.1, -0.05) is 19.8 Å². The van der Waals surface area contributed by atoms with E-state index in [4.69, 9.17) is 5.11 Å². The van der Waals surface area contributed by atoms with Crippen LogP contribution in [0.1, 0.15) is 46.0 Å². The number of aliphatic carboxylic acids is 1. The van der Waals surface area contributed by atoms with Crippen molar-refractivity contribution in [2.75, 3.05) is 13.1 Å². The lowest BCUT2D eigenvalue weighted by molar-refractivity contribution is -0.143. The van der Waals surface area contributed by atoms with Gasteiger partial charge in [-0.25, -0.2) is 4.79 Å². The van der Waals surface area contributed by atoms with Crippen LogP contribution >= 0.6 is 0 Å². The number of carbonyl (C=O) groups is 3. The number of nitrogens with one attached hydrogen (secondary N) is 1. The maximum atomic E-state index is 12.1. The molecule has 0 bridgehead atoms. The number of carboxylic acids is 1. The van der Waals surface area contributed by atoms with Gasteiger partial charge in [0.25, 0.3) is 0 Å². The number of carbonyl (C=O) groups excluding carboxylic acids is 2. The third-order valence-corrected chi connectivity index (χ3v) is 3.70. The molecular weight excluding hydrogens is 260 g/mol. The molecule has 2 N–H and O–H groups in total. The van der Waals surface area contributed by atoms with Crippen LogP contribution in [0.15, 0.2) is 0 Å². The van der Waals surface area contributed by atoms with Crippen molar-refractivity contribution in [2.24, 2.45) is 5.92 Å². The minimum Gasteiger partial charge on any atom is -0.480 e. The number of nitrogens with zero attached hydrogens (tertiary/aromatic N) is 1. The van der Waals surface area contributed by atoms with Gasteiger partial charge in [0.1, 0.15) is 6.04 Å². The van der Waals surface area contributed by atoms with Gasteiger partial charge < -0.3 is 15.3 Å². The van der Waals surface area contributed by atoms with Crippen LogP contribution < -0.4 is 5.32 Å². The smallest absolute Gasteiger partial charge is 0.326 e. The predicted octanol–water partition coefficient (Wildman–Crippen LogP) is 1.00. The van der Waals surface area contributed by atoms with Gasteiger partial charge in [0.2, 0.25) is 11.8 Å². The topological polar surface area (TPSA) is 86.7 Å². The fourth-order valence-corrected chi connectivity index (χ4v) is 2.43. The quantitative estimate of drug-likeness (QED) is 0.762. The Bertz CT molecular complexity index is 370. The van der Waals surface area contributed by atoms with Crippen LogP contribution in [-0.4, -0.2) is 46.9 Å². The van der Waals surface area contributed by atoms with Crippen molar-refractivity contribution in [3.05, 3.63) is 0 Å². The molecule has 6 nitrogen and oxygen atoms in total. The molecular formula is C14H24N2O4. The highest BCUT2D eigenvalue weighted by Gasteiger charge is 2.29. The molecule has 2 unspecified atom stereocenters. The number of hydrogen-bond acceptors (Lipinski definition) is 3. The molecule has 1 heterocycles. The Morgan fingerprint density at radius 1 is 1.40 bits per heavy atom. The van der Waals surface area contributed by atoms with Crippen molar-refractivity contribution in [1.29, 1.82) is 0 Å². The zero-order chi connectivity index (χ0) is 15.1. The number of unbranched alkanes of at least 4 members (excludes halogenated alkanes) is 1. The molecule has 1 aliphatic heterocycles. The van der Waals surface area contributed by atoms with Crippen LogP contribution in [0.25, 0.3) is 0 Å². The molecule has 1 fully saturated rings. The van der Waals surface area contributed by atoms with E-state index in [1.807, 2.05) is 6.92 Å². The van der Waals surface area contributed by atoms with E-state index in [0.29, 0.717) is 25.9 Å². The summed E-state index contributed by atoms with van der Waals surface area (Å²) in [6.07, 6.45) is 3.59. The molecule has 1 saturated heterocycles. The van der Waals surface area contributed by atoms with Gasteiger partial charge in [0, 0.05) is 20.0 Å². The van der Waals surface area contributed by atoms with Crippen molar-refractivity contribution in [2.45, 2.75) is 52.0 Å². The lowest BCUT2D eigenvalue weighted by Gasteiger charge is -2.31. The average Bonchev–Trinajstić information content (AvgIpc) is 2.42. The lowest BCUT2D eigenvalue weighted by atomic mass is 9.96. The van der Waals surface area contributed by atoms with Crippen molar-refractivity contribution in [1.82, 2.24) is 10.2 Å². The van der Waals surface area contributed by atoms with Crippen molar-refractivity contribution < 1.29 is 19.5 Å². The van der Waals surface area contributed by atoms with E-state index in [9.17, 15) is 14.4 Å². The largest absolute Gasteiger partial charge is 0.480 e. The summed E-state index contributed by atoms with van der Waals surface area (Å²) in [7, 11) is 0. The summed E-state index contributed by atoms with van der Waals surface area (Å²) >= 11 is 0. The molecule has 0 aromatic heterocycles. The molecule has 114 valence electrons. The Morgan fingerprint density at radius 2 is 2.10 bits per heavy atom. The van der Waals surface area contributed by atoms with Gasteiger partial charge in [-0.05, 0) is 19.3 Å². The van der Waals surface area contributed by atoms with Crippen molar-refractivity contribution in [3.8, 4) is 0 Å². The van der Waals surface area contributed by atoms with Crippen LogP contribution in [-0.2, 0) is 14.4 Å². The Balaban J connectivity index is 2.55. The molecule has 0 aliphatic carbocycles. The summed E-state index contributed by atoms with van der Waals surface area (Å²) in [5.41, 5.74) is 0. The number of likely N-dealkylation sites (tertiary alicyclic amines) is 1. The van der Waals surface area contributed by atoms with E-state index in [1.165, 1.54) is 6.92 Å². The van der Waals surface area contributed by atoms with E-state index < -0.39 is 12.0 Å². The minimum absolute atomic E-state index is 0.0386. The van der Waals surface area contributed by atoms with E-state index in [2.05, 4.69) is 5.32 Å². The number of hydrogen-bond donors (Lipinski definition) is 2. The maximum Gasteiger partial charge on any atom is 0.326 e. The second-order valence-electron chi connectivity index (χ2n) is 5.35. The summed E-state index contributed by atoms with van der Waals surface area (Å²) < 4.78 is 0. The molecule has 1 rings (SSSR count). The Hall–Kier alpha value is -1.59. The summed E-state index contributed by atoms with van der Waals surface area (Å²) in [5, 5.41) is 11.7. The van der Waals surface area contributed by atoms with Crippen LogP contribution in [0.3, 0.4) is 0 Å². The molecule has 0 aromatic carbocycles. The monoisotopic (exact) mass is 284 g/mol. The van der Waals surface area contributed by atoms with Crippen molar-refractivity contribution >= 4 is 17.8 Å². The first-order valence-corrected chi connectivity index (χ1v) is 7.24. The number of amides is 2. The van der Waals surface area contributed by atoms with Crippen molar-refractivity contribution in [3.63, 3.8) is 0 Å². The van der Waals surface area contributed by atoms with Crippen LogP contribution in [0.4, 0.5) is 0 Å². The first-order valence-electron chi connectivity index (χ1n) is 7.24. The molecule has 6 heteroatoms. The summed E-state index contributed by atoms with van der Waals surface area (Å²) in [6.45, 7) is 4.53. The van der Waals surface area contributed by atoms with E-state index in [1.54, 1.807) is 4.90 Å². The molecule has 20 heavy (non-hydrogen) atoms. The van der Waals surface area contributed by atoms with Crippen LogP contribution in [0.2, 0.25) is 0 Å². The highest BCUT2D eigenvalue weighted by molar-refractivity contribution is 5.85. The van der Waals surface area contributed by atoms with Gasteiger partial charge in [0.15, 0.2) is 0 Å². The highest BCUT2D eigenvalue weighted by Crippen LogP contribution is 2.17. The number of piperidine rings is 1. The summed E-state index contributed by atoms with van der Waals surface area (Å²) in [4.78, 5) is 36.2. The third kappa shape index (κ3) is 4.83. The van der Waals surface area contributed by atoms with Crippen LogP contribution in [0.5, 0.6) is 0 Å². The predicted molar refractivity (Wildman–Crippen MR) is 74.1 cm³/mol. The molecule has 0 radical (unpaired) electrons. The van der Waals surface area contributed by atoms with Gasteiger partial charge in [-0.2, -0.15) is 0 Å². The Morgan fingerprint density at radius 3 is 2.65 bits per heavy atom. The summed E-state index contributed by atoms with van der Waals surface area (Å²) in [6, 6.07) is -0.824. The SMILES string of the molecule is CCCCC(NC(=O)C1CCCN(C(C)=O)C1)C(=O)O. The standard InChI is InChI=1S/C14H24N2O4/c1-3-4-7-12(14(19)20)15-13(18)11-6-5-8-16(9-11)10(2)17/h11-12H,3-9H2,1-2H3,(H,15,18)(H,19,20). The second kappa shape index (κ2) is 7.87. The van der Waals surface area contributed by atoms with Gasteiger partial charge in [-0.3, -0.25) is 9.59 Å². The van der Waals surface area contributed by atoms with Gasteiger partial charge in [-0.15, -0.1) is 0 Å². The minimum atomic E-state index is -0.994. The van der Waals surface area contributed by atoms with Crippen LogP contribution in [0, 0.1) is 5.92 Å². The fraction of sp³-hybridized carbons (Fsp3) is 0.786. The van der Waals surface area contributed by atoms with E-state index in [-0.39, 0.29) is 17.7 Å². The molecule has 2 atom stereocenters. The lowest BCUT2D eigenvalue weighted by Crippen LogP contribution is -2.49. The third-order valence-electron chi connectivity index (χ3n) is 3.70. The van der Waals surface area contributed by atoms with Gasteiger partial charge in [0.05, 0.1) is 5.92 Å². The number of rotatable bonds is 6. The van der Waals surface area contributed by atoms with E-state index >= 15 is 0 Å². The first-order chi connectivity index (χ1) is 9.45. The number of carboxylic acid groups (broad SMARTS) is 1.